The number of benzene rings is 2. The van der Waals surface area contributed by atoms with E-state index < -0.39 is 0 Å². The molecule has 0 saturated carbocycles. The van der Waals surface area contributed by atoms with Crippen molar-refractivity contribution >= 4 is 29.1 Å². The molecule has 0 unspecified atom stereocenters. The number of carbonyl (C=O) groups excluding carboxylic acids is 1. The third-order valence-electron chi connectivity index (χ3n) is 4.20. The van der Waals surface area contributed by atoms with Crippen molar-refractivity contribution in [2.24, 2.45) is 0 Å². The lowest BCUT2D eigenvalue weighted by molar-refractivity contribution is 0.0526. The molecule has 28 heavy (non-hydrogen) atoms. The highest BCUT2D eigenvalue weighted by Crippen LogP contribution is 2.25. The SMILES string of the molecule is CCOC(=O)c1ccc(Nc2nccc(N(CC)c3cccc(C)c3)n2)cc1. The summed E-state index contributed by atoms with van der Waals surface area (Å²) in [5.74, 6) is 0.977. The molecule has 0 amide bonds. The fourth-order valence-corrected chi connectivity index (χ4v) is 2.87. The van der Waals surface area contributed by atoms with Crippen LogP contribution in [0, 0.1) is 6.92 Å². The number of aryl methyl sites for hydroxylation is 1. The maximum Gasteiger partial charge on any atom is 0.338 e. The van der Waals surface area contributed by atoms with Crippen LogP contribution in [-0.4, -0.2) is 29.1 Å². The Bertz CT molecular complexity index is 941. The Morgan fingerprint density at radius 2 is 1.89 bits per heavy atom. The molecule has 0 bridgehead atoms. The molecule has 0 radical (unpaired) electrons. The number of aromatic nitrogens is 2. The van der Waals surface area contributed by atoms with Gasteiger partial charge in [0.15, 0.2) is 0 Å². The topological polar surface area (TPSA) is 67.3 Å². The van der Waals surface area contributed by atoms with E-state index in [0.29, 0.717) is 18.1 Å². The van der Waals surface area contributed by atoms with Gasteiger partial charge in [0.2, 0.25) is 5.95 Å². The first-order valence-corrected chi connectivity index (χ1v) is 9.32. The van der Waals surface area contributed by atoms with Crippen LogP contribution in [0.4, 0.5) is 23.1 Å². The number of nitrogens with one attached hydrogen (secondary N) is 1. The summed E-state index contributed by atoms with van der Waals surface area (Å²) in [4.78, 5) is 22.8. The van der Waals surface area contributed by atoms with Gasteiger partial charge in [-0.1, -0.05) is 12.1 Å². The molecule has 1 heterocycles. The van der Waals surface area contributed by atoms with Crippen LogP contribution < -0.4 is 10.2 Å². The molecule has 2 aromatic carbocycles. The molecule has 1 aromatic heterocycles. The second-order valence-electron chi connectivity index (χ2n) is 6.24. The smallest absolute Gasteiger partial charge is 0.338 e. The van der Waals surface area contributed by atoms with E-state index in [4.69, 9.17) is 4.74 Å². The molecule has 6 heteroatoms. The highest BCUT2D eigenvalue weighted by atomic mass is 16.5. The van der Waals surface area contributed by atoms with Gasteiger partial charge < -0.3 is 15.0 Å². The summed E-state index contributed by atoms with van der Waals surface area (Å²) in [7, 11) is 0. The van der Waals surface area contributed by atoms with E-state index in [1.165, 1.54) is 5.56 Å². The summed E-state index contributed by atoms with van der Waals surface area (Å²) < 4.78 is 5.00. The third kappa shape index (κ3) is 4.65. The van der Waals surface area contributed by atoms with Gasteiger partial charge in [-0.25, -0.2) is 9.78 Å². The molecule has 0 fully saturated rings. The second-order valence-corrected chi connectivity index (χ2v) is 6.24. The van der Waals surface area contributed by atoms with Crippen LogP contribution in [0.15, 0.2) is 60.8 Å². The van der Waals surface area contributed by atoms with Crippen molar-refractivity contribution in [2.75, 3.05) is 23.4 Å². The van der Waals surface area contributed by atoms with Crippen LogP contribution in [0.25, 0.3) is 0 Å². The molecule has 1 N–H and O–H groups in total. The summed E-state index contributed by atoms with van der Waals surface area (Å²) in [5, 5.41) is 3.18. The van der Waals surface area contributed by atoms with Crippen molar-refractivity contribution in [1.29, 1.82) is 0 Å². The Balaban J connectivity index is 1.78. The molecular weight excluding hydrogens is 352 g/mol. The third-order valence-corrected chi connectivity index (χ3v) is 4.20. The van der Waals surface area contributed by atoms with Crippen molar-refractivity contribution in [3.63, 3.8) is 0 Å². The standard InChI is InChI=1S/C22H24N4O2/c1-4-26(19-8-6-7-16(3)15-19)20-13-14-23-22(25-20)24-18-11-9-17(10-12-18)21(27)28-5-2/h6-15H,4-5H2,1-3H3,(H,23,24,25). The van der Waals surface area contributed by atoms with E-state index in [0.717, 1.165) is 23.7 Å². The van der Waals surface area contributed by atoms with Crippen LogP contribution in [0.2, 0.25) is 0 Å². The fraction of sp³-hybridized carbons (Fsp3) is 0.227. The molecule has 144 valence electrons. The minimum Gasteiger partial charge on any atom is -0.462 e. The van der Waals surface area contributed by atoms with Gasteiger partial charge >= 0.3 is 5.97 Å². The summed E-state index contributed by atoms with van der Waals surface area (Å²) in [6.07, 6.45) is 1.73. The molecule has 3 rings (SSSR count). The zero-order chi connectivity index (χ0) is 19.9. The van der Waals surface area contributed by atoms with Gasteiger partial charge in [-0.05, 0) is 68.8 Å². The number of nitrogens with zero attached hydrogens (tertiary/aromatic N) is 3. The number of anilines is 4. The molecular formula is C22H24N4O2. The average molecular weight is 376 g/mol. The first-order valence-electron chi connectivity index (χ1n) is 9.32. The van der Waals surface area contributed by atoms with Gasteiger partial charge in [0, 0.05) is 24.1 Å². The van der Waals surface area contributed by atoms with Crippen molar-refractivity contribution < 1.29 is 9.53 Å². The zero-order valence-electron chi connectivity index (χ0n) is 16.3. The van der Waals surface area contributed by atoms with Crippen LogP contribution in [-0.2, 0) is 4.74 Å². The second kappa shape index (κ2) is 8.99. The summed E-state index contributed by atoms with van der Waals surface area (Å²) in [5.41, 5.74) is 3.60. The fourth-order valence-electron chi connectivity index (χ4n) is 2.87. The number of hydrogen-bond donors (Lipinski definition) is 1. The first kappa shape index (κ1) is 19.4. The van der Waals surface area contributed by atoms with Gasteiger partial charge in [0.25, 0.3) is 0 Å². The molecule has 0 atom stereocenters. The van der Waals surface area contributed by atoms with Crippen molar-refractivity contribution in [3.05, 3.63) is 71.9 Å². The lowest BCUT2D eigenvalue weighted by Gasteiger charge is -2.22. The van der Waals surface area contributed by atoms with Crippen LogP contribution in [0.5, 0.6) is 0 Å². The number of carbonyl (C=O) groups is 1. The molecule has 0 saturated heterocycles. The Labute approximate surface area is 165 Å². The Kier molecular flexibility index (Phi) is 6.22. The molecule has 0 aliphatic heterocycles. The summed E-state index contributed by atoms with van der Waals surface area (Å²) >= 11 is 0. The molecule has 0 aliphatic rings. The van der Waals surface area contributed by atoms with Gasteiger partial charge in [-0.15, -0.1) is 0 Å². The number of ether oxygens (including phenoxy) is 1. The van der Waals surface area contributed by atoms with E-state index in [2.05, 4.69) is 52.2 Å². The Hall–Kier alpha value is -3.41. The Morgan fingerprint density at radius 1 is 1.11 bits per heavy atom. The van der Waals surface area contributed by atoms with Crippen molar-refractivity contribution in [2.45, 2.75) is 20.8 Å². The monoisotopic (exact) mass is 376 g/mol. The van der Waals surface area contributed by atoms with Gasteiger partial charge in [-0.3, -0.25) is 0 Å². The minimum atomic E-state index is -0.330. The van der Waals surface area contributed by atoms with Crippen LogP contribution in [0.1, 0.15) is 29.8 Å². The summed E-state index contributed by atoms with van der Waals surface area (Å²) in [6, 6.07) is 17.3. The largest absolute Gasteiger partial charge is 0.462 e. The molecule has 0 aliphatic carbocycles. The molecule has 3 aromatic rings. The summed E-state index contributed by atoms with van der Waals surface area (Å²) in [6.45, 7) is 7.09. The zero-order valence-corrected chi connectivity index (χ0v) is 16.3. The number of esters is 1. The lowest BCUT2D eigenvalue weighted by atomic mass is 10.2. The number of hydrogen-bond acceptors (Lipinski definition) is 6. The van der Waals surface area contributed by atoms with E-state index >= 15 is 0 Å². The Morgan fingerprint density at radius 3 is 2.57 bits per heavy atom. The van der Waals surface area contributed by atoms with E-state index in [1.807, 2.05) is 12.1 Å². The predicted octanol–water partition coefficient (Wildman–Crippen LogP) is 4.86. The number of rotatable bonds is 7. The van der Waals surface area contributed by atoms with Gasteiger partial charge in [0.1, 0.15) is 5.82 Å². The average Bonchev–Trinajstić information content (AvgIpc) is 2.70. The molecule has 6 nitrogen and oxygen atoms in total. The van der Waals surface area contributed by atoms with Crippen molar-refractivity contribution in [1.82, 2.24) is 9.97 Å². The maximum atomic E-state index is 11.8. The van der Waals surface area contributed by atoms with Crippen LogP contribution >= 0.6 is 0 Å². The van der Waals surface area contributed by atoms with Gasteiger partial charge in [-0.2, -0.15) is 4.98 Å². The quantitative estimate of drug-likeness (QED) is 0.594. The highest BCUT2D eigenvalue weighted by Gasteiger charge is 2.11. The van der Waals surface area contributed by atoms with E-state index in [9.17, 15) is 4.79 Å². The highest BCUT2D eigenvalue weighted by molar-refractivity contribution is 5.89. The maximum absolute atomic E-state index is 11.8. The predicted molar refractivity (Wildman–Crippen MR) is 112 cm³/mol. The normalized spacial score (nSPS) is 10.4. The van der Waals surface area contributed by atoms with E-state index in [-0.39, 0.29) is 5.97 Å². The van der Waals surface area contributed by atoms with Crippen molar-refractivity contribution in [3.8, 4) is 0 Å². The minimum absolute atomic E-state index is 0.330. The first-order chi connectivity index (χ1) is 13.6. The van der Waals surface area contributed by atoms with Gasteiger partial charge in [0.05, 0.1) is 12.2 Å². The lowest BCUT2D eigenvalue weighted by Crippen LogP contribution is -2.18. The molecule has 0 spiro atoms. The van der Waals surface area contributed by atoms with E-state index in [1.54, 1.807) is 37.4 Å². The van der Waals surface area contributed by atoms with Crippen LogP contribution in [0.3, 0.4) is 0 Å².